The highest BCUT2D eigenvalue weighted by Gasteiger charge is 2.45. The van der Waals surface area contributed by atoms with Crippen LogP contribution in [0.15, 0.2) is 0 Å². The zero-order valence-corrected chi connectivity index (χ0v) is 8.39. The summed E-state index contributed by atoms with van der Waals surface area (Å²) in [4.78, 5) is 10.6. The molecule has 1 amide bonds. The standard InChI is InChI=1S/C4H6Cl4NO/c1-9(2,3(5)10)4(6,7)8/h1-2H3/q+1. The molecule has 0 saturated carbocycles. The molecule has 0 aromatic heterocycles. The maximum atomic E-state index is 10.6. The molecule has 0 radical (unpaired) electrons. The van der Waals surface area contributed by atoms with E-state index in [0.29, 0.717) is 0 Å². The third-order valence-corrected chi connectivity index (χ3v) is 2.76. The highest BCUT2D eigenvalue weighted by Crippen LogP contribution is 2.35. The van der Waals surface area contributed by atoms with E-state index >= 15 is 0 Å². The number of quaternary nitrogens is 1. The Hall–Kier alpha value is 0.790. The van der Waals surface area contributed by atoms with Crippen LogP contribution in [0.1, 0.15) is 0 Å². The molecule has 0 rings (SSSR count). The van der Waals surface area contributed by atoms with Crippen molar-refractivity contribution in [1.29, 1.82) is 0 Å². The molecule has 2 nitrogen and oxygen atoms in total. The molecular weight excluding hydrogens is 220 g/mol. The Bertz CT molecular complexity index is 150. The Morgan fingerprint density at radius 3 is 1.60 bits per heavy atom. The predicted octanol–water partition coefficient (Wildman–Crippen LogP) is 2.75. The van der Waals surface area contributed by atoms with Crippen molar-refractivity contribution < 1.29 is 9.28 Å². The molecule has 0 unspecified atom stereocenters. The van der Waals surface area contributed by atoms with Gasteiger partial charge in [0.25, 0.3) is 0 Å². The molecule has 0 aromatic rings. The van der Waals surface area contributed by atoms with Gasteiger partial charge in [0.15, 0.2) is 0 Å². The Morgan fingerprint density at radius 2 is 1.60 bits per heavy atom. The highest BCUT2D eigenvalue weighted by atomic mass is 35.6. The summed E-state index contributed by atoms with van der Waals surface area (Å²) in [7, 11) is 2.81. The molecule has 0 saturated heterocycles. The van der Waals surface area contributed by atoms with E-state index in [1.165, 1.54) is 14.1 Å². The van der Waals surface area contributed by atoms with Gasteiger partial charge in [-0.1, -0.05) is 0 Å². The zero-order valence-electron chi connectivity index (χ0n) is 5.37. The molecule has 10 heavy (non-hydrogen) atoms. The quantitative estimate of drug-likeness (QED) is 0.268. The lowest BCUT2D eigenvalue weighted by molar-refractivity contribution is -0.813. The molecule has 0 N–H and O–H groups in total. The minimum atomic E-state index is -1.71. The summed E-state index contributed by atoms with van der Waals surface area (Å²) >= 11 is 21.4. The van der Waals surface area contributed by atoms with Crippen molar-refractivity contribution in [2.75, 3.05) is 14.1 Å². The summed E-state index contributed by atoms with van der Waals surface area (Å²) in [6.45, 7) is 0. The lowest BCUT2D eigenvalue weighted by Gasteiger charge is -2.30. The van der Waals surface area contributed by atoms with Gasteiger partial charge in [0.05, 0.1) is 14.1 Å². The molecule has 0 heterocycles. The third kappa shape index (κ3) is 2.14. The van der Waals surface area contributed by atoms with Crippen LogP contribution in [0.4, 0.5) is 4.79 Å². The van der Waals surface area contributed by atoms with Gasteiger partial charge in [-0.15, -0.1) is 0 Å². The second-order valence-corrected chi connectivity index (χ2v) is 4.72. The fraction of sp³-hybridized carbons (Fsp3) is 0.750. The number of carbonyl (C=O) groups is 1. The summed E-state index contributed by atoms with van der Waals surface area (Å²) in [5, 5.41) is -0.722. The number of hydrogen-bond donors (Lipinski definition) is 0. The highest BCUT2D eigenvalue weighted by molar-refractivity contribution is 6.68. The maximum Gasteiger partial charge on any atom is 0.414 e. The van der Waals surface area contributed by atoms with Gasteiger partial charge in [-0.2, -0.15) is 0 Å². The first-order valence-corrected chi connectivity index (χ1v) is 3.81. The minimum absolute atomic E-state index is 0.501. The van der Waals surface area contributed by atoms with Gasteiger partial charge in [0.2, 0.25) is 0 Å². The van der Waals surface area contributed by atoms with Crippen molar-refractivity contribution in [1.82, 2.24) is 0 Å². The van der Waals surface area contributed by atoms with Crippen LogP contribution in [0.5, 0.6) is 0 Å². The van der Waals surface area contributed by atoms with E-state index in [-0.39, 0.29) is 0 Å². The summed E-state index contributed by atoms with van der Waals surface area (Å²) in [5.74, 6) is 0. The van der Waals surface area contributed by atoms with Gasteiger partial charge in [-0.05, 0) is 34.8 Å². The number of alkyl halides is 3. The molecular formula is C4H6Cl4NO+. The fourth-order valence-corrected chi connectivity index (χ4v) is 0.587. The monoisotopic (exact) mass is 224 g/mol. The van der Waals surface area contributed by atoms with E-state index in [1.54, 1.807) is 0 Å². The Morgan fingerprint density at radius 1 is 1.30 bits per heavy atom. The number of halogens is 4. The fourth-order valence-electron chi connectivity index (χ4n) is 0.0997. The van der Waals surface area contributed by atoms with Gasteiger partial charge in [-0.25, -0.2) is 9.28 Å². The zero-order chi connectivity index (χ0) is 8.58. The number of hydrogen-bond acceptors (Lipinski definition) is 1. The van der Waals surface area contributed by atoms with Crippen LogP contribution in [0.3, 0.4) is 0 Å². The molecule has 6 heteroatoms. The van der Waals surface area contributed by atoms with Crippen molar-refractivity contribution >= 4 is 51.8 Å². The topological polar surface area (TPSA) is 17.1 Å². The number of rotatable bonds is 0. The lowest BCUT2D eigenvalue weighted by Crippen LogP contribution is -2.51. The van der Waals surface area contributed by atoms with E-state index in [0.717, 1.165) is 0 Å². The largest absolute Gasteiger partial charge is 0.414 e. The van der Waals surface area contributed by atoms with Crippen molar-refractivity contribution in [3.63, 3.8) is 0 Å². The molecule has 0 fully saturated rings. The molecule has 0 aromatic carbocycles. The summed E-state index contributed by atoms with van der Waals surface area (Å²) in [6, 6.07) is 0. The summed E-state index contributed by atoms with van der Waals surface area (Å²) in [5.41, 5.74) is 0. The SMILES string of the molecule is C[N+](C)(C(=O)Cl)C(Cl)(Cl)Cl. The molecule has 0 aliphatic heterocycles. The van der Waals surface area contributed by atoms with E-state index in [4.69, 9.17) is 46.4 Å². The first kappa shape index (κ1) is 10.8. The molecule has 0 spiro atoms. The van der Waals surface area contributed by atoms with Gasteiger partial charge >= 0.3 is 9.28 Å². The molecule has 0 aliphatic carbocycles. The Balaban J connectivity index is 4.57. The minimum Gasteiger partial charge on any atom is -0.213 e. The van der Waals surface area contributed by atoms with E-state index in [1.807, 2.05) is 0 Å². The van der Waals surface area contributed by atoms with Gasteiger partial charge in [-0.3, -0.25) is 0 Å². The second kappa shape index (κ2) is 3.03. The van der Waals surface area contributed by atoms with Crippen molar-refractivity contribution in [3.8, 4) is 0 Å². The Labute approximate surface area is 79.2 Å². The number of amides is 1. The lowest BCUT2D eigenvalue weighted by atomic mass is 10.7. The van der Waals surface area contributed by atoms with Crippen LogP contribution < -0.4 is 0 Å². The average Bonchev–Trinajstić information content (AvgIpc) is 1.62. The summed E-state index contributed by atoms with van der Waals surface area (Å²) in [6.07, 6.45) is 0. The van der Waals surface area contributed by atoms with Crippen LogP contribution in [0, 0.1) is 0 Å². The molecule has 0 aliphatic rings. The third-order valence-electron chi connectivity index (χ3n) is 1.07. The molecule has 60 valence electrons. The number of nitrogens with zero attached hydrogens (tertiary/aromatic N) is 1. The van der Waals surface area contributed by atoms with Crippen LogP contribution in [0.2, 0.25) is 0 Å². The smallest absolute Gasteiger partial charge is 0.213 e. The van der Waals surface area contributed by atoms with E-state index in [2.05, 4.69) is 0 Å². The normalized spacial score (nSPS) is 13.4. The Kier molecular flexibility index (Phi) is 3.27. The predicted molar refractivity (Wildman–Crippen MR) is 43.6 cm³/mol. The van der Waals surface area contributed by atoms with Crippen LogP contribution >= 0.6 is 46.4 Å². The van der Waals surface area contributed by atoms with Crippen LogP contribution in [-0.2, 0) is 0 Å². The maximum absolute atomic E-state index is 10.6. The van der Waals surface area contributed by atoms with Crippen LogP contribution in [0.25, 0.3) is 0 Å². The molecule has 0 bridgehead atoms. The van der Waals surface area contributed by atoms with E-state index in [9.17, 15) is 4.79 Å². The van der Waals surface area contributed by atoms with Crippen molar-refractivity contribution in [2.45, 2.75) is 3.92 Å². The van der Waals surface area contributed by atoms with Crippen molar-refractivity contribution in [3.05, 3.63) is 0 Å². The van der Waals surface area contributed by atoms with Crippen LogP contribution in [-0.4, -0.2) is 27.9 Å². The van der Waals surface area contributed by atoms with E-state index < -0.39 is 13.8 Å². The second-order valence-electron chi connectivity index (χ2n) is 2.17. The number of carbonyl (C=O) groups excluding carboxylic acids is 1. The molecule has 0 atom stereocenters. The van der Waals surface area contributed by atoms with Gasteiger partial charge < -0.3 is 0 Å². The van der Waals surface area contributed by atoms with Crippen molar-refractivity contribution in [2.24, 2.45) is 0 Å². The van der Waals surface area contributed by atoms with Gasteiger partial charge in [0, 0.05) is 11.6 Å². The average molecular weight is 226 g/mol. The summed E-state index contributed by atoms with van der Waals surface area (Å²) < 4.78 is -2.21. The van der Waals surface area contributed by atoms with Gasteiger partial charge in [0.1, 0.15) is 0 Å². The first-order valence-electron chi connectivity index (χ1n) is 2.30. The first-order chi connectivity index (χ1) is 4.19.